The fraction of sp³-hybridized carbons (Fsp3) is 0.600. The first-order valence-electron chi connectivity index (χ1n) is 6.27. The van der Waals surface area contributed by atoms with Gasteiger partial charge in [0.25, 0.3) is 0 Å². The Morgan fingerprint density at radius 2 is 2.00 bits per heavy atom. The van der Waals surface area contributed by atoms with Gasteiger partial charge in [0.1, 0.15) is 0 Å². The van der Waals surface area contributed by atoms with Crippen molar-refractivity contribution in [1.29, 1.82) is 0 Å². The lowest BCUT2D eigenvalue weighted by molar-refractivity contribution is 0.128. The van der Waals surface area contributed by atoms with Crippen molar-refractivity contribution in [3.63, 3.8) is 0 Å². The van der Waals surface area contributed by atoms with Crippen LogP contribution in [0.1, 0.15) is 39.5 Å². The van der Waals surface area contributed by atoms with E-state index in [1.807, 2.05) is 13.0 Å². The Balaban J connectivity index is 2.86. The summed E-state index contributed by atoms with van der Waals surface area (Å²) in [4.78, 5) is 0. The molecule has 0 saturated carbocycles. The van der Waals surface area contributed by atoms with Gasteiger partial charge in [-0.25, -0.2) is 0 Å². The first kappa shape index (κ1) is 14.2. The minimum atomic E-state index is -0.635. The van der Waals surface area contributed by atoms with Crippen molar-refractivity contribution < 1.29 is 10.2 Å². The molecule has 0 fully saturated rings. The van der Waals surface area contributed by atoms with Crippen molar-refractivity contribution >= 4 is 0 Å². The van der Waals surface area contributed by atoms with E-state index in [-0.39, 0.29) is 0 Å². The highest BCUT2D eigenvalue weighted by Crippen LogP contribution is 2.28. The van der Waals surface area contributed by atoms with E-state index in [0.29, 0.717) is 24.3 Å². The summed E-state index contributed by atoms with van der Waals surface area (Å²) < 4.78 is 0. The molecule has 0 bridgehead atoms. The highest BCUT2D eigenvalue weighted by Gasteiger charge is 2.22. The SMILES string of the molecule is C=C1C(O)C/C=C(\C)CC[C@H](C(=C)C)CC1O. The van der Waals surface area contributed by atoms with Gasteiger partial charge in [-0.05, 0) is 51.0 Å². The molecule has 2 nitrogen and oxygen atoms in total. The van der Waals surface area contributed by atoms with Crippen LogP contribution in [-0.4, -0.2) is 22.4 Å². The molecule has 0 aromatic rings. The van der Waals surface area contributed by atoms with Gasteiger partial charge in [-0.15, -0.1) is 0 Å². The van der Waals surface area contributed by atoms with Gasteiger partial charge in [0.05, 0.1) is 12.2 Å². The van der Waals surface area contributed by atoms with E-state index in [1.54, 1.807) is 0 Å². The maximum atomic E-state index is 10.0. The zero-order valence-corrected chi connectivity index (χ0v) is 10.9. The van der Waals surface area contributed by atoms with Gasteiger partial charge in [0.2, 0.25) is 0 Å². The third kappa shape index (κ3) is 4.14. The standard InChI is InChI=1S/C15H24O2/c1-10(2)13-7-5-11(3)6-8-14(16)12(4)15(17)9-13/h6,13-17H,1,4-5,7-9H2,2-3H3/b11-6+/t13-,14?,15?/m0/s1. The van der Waals surface area contributed by atoms with E-state index < -0.39 is 12.2 Å². The van der Waals surface area contributed by atoms with Crippen LogP contribution in [-0.2, 0) is 0 Å². The predicted octanol–water partition coefficient (Wildman–Crippen LogP) is 2.98. The van der Waals surface area contributed by atoms with Crippen molar-refractivity contribution in [2.24, 2.45) is 5.92 Å². The Hall–Kier alpha value is -0.860. The fourth-order valence-electron chi connectivity index (χ4n) is 2.18. The molecular weight excluding hydrogens is 212 g/mol. The normalized spacial score (nSPS) is 34.9. The molecule has 0 heterocycles. The third-order valence-electron chi connectivity index (χ3n) is 3.64. The molecule has 0 aromatic carbocycles. The smallest absolute Gasteiger partial charge is 0.0806 e. The molecule has 96 valence electrons. The monoisotopic (exact) mass is 236 g/mol. The molecule has 0 amide bonds. The highest BCUT2D eigenvalue weighted by atomic mass is 16.3. The summed E-state index contributed by atoms with van der Waals surface area (Å²) in [6.07, 6.45) is 3.98. The molecule has 0 aromatic heterocycles. The average molecular weight is 236 g/mol. The van der Waals surface area contributed by atoms with Gasteiger partial charge in [0.15, 0.2) is 0 Å². The van der Waals surface area contributed by atoms with E-state index in [1.165, 1.54) is 5.57 Å². The molecule has 0 spiro atoms. The molecule has 0 radical (unpaired) electrons. The van der Waals surface area contributed by atoms with Crippen LogP contribution in [0.15, 0.2) is 36.0 Å². The van der Waals surface area contributed by atoms with Gasteiger partial charge >= 0.3 is 0 Å². The number of aliphatic hydroxyl groups excluding tert-OH is 2. The van der Waals surface area contributed by atoms with Crippen LogP contribution in [0, 0.1) is 5.92 Å². The van der Waals surface area contributed by atoms with E-state index in [9.17, 15) is 10.2 Å². The molecule has 1 aliphatic rings. The second-order valence-electron chi connectivity index (χ2n) is 5.21. The lowest BCUT2D eigenvalue weighted by Crippen LogP contribution is -2.24. The van der Waals surface area contributed by atoms with Crippen LogP contribution >= 0.6 is 0 Å². The number of hydrogen-bond acceptors (Lipinski definition) is 2. The first-order chi connectivity index (χ1) is 7.91. The topological polar surface area (TPSA) is 40.5 Å². The van der Waals surface area contributed by atoms with E-state index >= 15 is 0 Å². The van der Waals surface area contributed by atoms with Crippen LogP contribution in [0.2, 0.25) is 0 Å². The maximum absolute atomic E-state index is 10.0. The zero-order chi connectivity index (χ0) is 13.0. The van der Waals surface area contributed by atoms with Crippen molar-refractivity contribution in [2.45, 2.75) is 51.7 Å². The molecular formula is C15H24O2. The summed E-state index contributed by atoms with van der Waals surface area (Å²) >= 11 is 0. The second-order valence-corrected chi connectivity index (χ2v) is 5.21. The lowest BCUT2D eigenvalue weighted by atomic mass is 9.85. The van der Waals surface area contributed by atoms with Crippen molar-refractivity contribution in [3.05, 3.63) is 36.0 Å². The first-order valence-corrected chi connectivity index (χ1v) is 6.27. The summed E-state index contributed by atoms with van der Waals surface area (Å²) in [6.45, 7) is 11.9. The largest absolute Gasteiger partial charge is 0.389 e. The molecule has 2 unspecified atom stereocenters. The molecule has 2 N–H and O–H groups in total. The Bertz CT molecular complexity index is 328. The van der Waals surface area contributed by atoms with Crippen LogP contribution in [0.4, 0.5) is 0 Å². The number of hydrogen-bond donors (Lipinski definition) is 2. The summed E-state index contributed by atoms with van der Waals surface area (Å²) in [5.41, 5.74) is 2.92. The van der Waals surface area contributed by atoms with Gasteiger partial charge < -0.3 is 10.2 Å². The van der Waals surface area contributed by atoms with Crippen molar-refractivity contribution in [2.75, 3.05) is 0 Å². The van der Waals surface area contributed by atoms with Crippen molar-refractivity contribution in [3.8, 4) is 0 Å². The molecule has 0 saturated heterocycles. The maximum Gasteiger partial charge on any atom is 0.0806 e. The average Bonchev–Trinajstić information content (AvgIpc) is 2.28. The molecule has 1 rings (SSSR count). The minimum absolute atomic E-state index is 0.301. The van der Waals surface area contributed by atoms with Crippen LogP contribution in [0.3, 0.4) is 0 Å². The Labute approximate surface area is 104 Å². The van der Waals surface area contributed by atoms with Crippen molar-refractivity contribution in [1.82, 2.24) is 0 Å². The zero-order valence-electron chi connectivity index (χ0n) is 10.9. The summed E-state index contributed by atoms with van der Waals surface area (Å²) in [7, 11) is 0. The van der Waals surface area contributed by atoms with Gasteiger partial charge in [0, 0.05) is 0 Å². The number of allylic oxidation sites excluding steroid dienone is 2. The van der Waals surface area contributed by atoms with E-state index in [0.717, 1.165) is 18.4 Å². The summed E-state index contributed by atoms with van der Waals surface area (Å²) in [5.74, 6) is 0.301. The molecule has 17 heavy (non-hydrogen) atoms. The van der Waals surface area contributed by atoms with Crippen LogP contribution < -0.4 is 0 Å². The molecule has 0 aliphatic heterocycles. The van der Waals surface area contributed by atoms with Gasteiger partial charge in [-0.3, -0.25) is 0 Å². The molecule has 2 heteroatoms. The highest BCUT2D eigenvalue weighted by molar-refractivity contribution is 5.15. The predicted molar refractivity (Wildman–Crippen MR) is 71.7 cm³/mol. The minimum Gasteiger partial charge on any atom is -0.389 e. The molecule has 1 aliphatic carbocycles. The van der Waals surface area contributed by atoms with E-state index in [4.69, 9.17) is 0 Å². The molecule has 3 atom stereocenters. The second kappa shape index (κ2) is 6.18. The third-order valence-corrected chi connectivity index (χ3v) is 3.64. The lowest BCUT2D eigenvalue weighted by Gasteiger charge is -2.25. The summed E-state index contributed by atoms with van der Waals surface area (Å²) in [5, 5.41) is 19.9. The summed E-state index contributed by atoms with van der Waals surface area (Å²) in [6, 6.07) is 0. The van der Waals surface area contributed by atoms with Gasteiger partial charge in [-0.2, -0.15) is 0 Å². The van der Waals surface area contributed by atoms with E-state index in [2.05, 4.69) is 20.1 Å². The fourth-order valence-corrected chi connectivity index (χ4v) is 2.18. The Morgan fingerprint density at radius 1 is 1.35 bits per heavy atom. The van der Waals surface area contributed by atoms with Gasteiger partial charge in [-0.1, -0.05) is 30.4 Å². The number of aliphatic hydroxyl groups is 2. The Morgan fingerprint density at radius 3 is 2.59 bits per heavy atom. The van der Waals surface area contributed by atoms with Crippen LogP contribution in [0.5, 0.6) is 0 Å². The number of rotatable bonds is 1. The Kier molecular flexibility index (Phi) is 5.16. The quantitative estimate of drug-likeness (QED) is 0.687. The van der Waals surface area contributed by atoms with Crippen LogP contribution in [0.25, 0.3) is 0 Å².